The summed E-state index contributed by atoms with van der Waals surface area (Å²) in [6, 6.07) is 16.5. The van der Waals surface area contributed by atoms with Crippen molar-refractivity contribution >= 4 is 6.03 Å². The molecule has 128 valence electrons. The summed E-state index contributed by atoms with van der Waals surface area (Å²) in [6.45, 7) is 0.963. The number of hydrogen-bond donors (Lipinski definition) is 3. The topological polar surface area (TPSA) is 79.2 Å². The number of benzene rings is 2. The number of amides is 2. The number of carbonyl (C=O) groups excluding carboxylic acids is 1. The van der Waals surface area contributed by atoms with Crippen LogP contribution in [0.4, 0.5) is 4.79 Å². The molecule has 0 spiro atoms. The molecule has 2 amide bonds. The van der Waals surface area contributed by atoms with Gasteiger partial charge < -0.3 is 15.7 Å². The Bertz CT molecular complexity index is 814. The summed E-state index contributed by atoms with van der Waals surface area (Å²) in [4.78, 5) is 11.8. The van der Waals surface area contributed by atoms with E-state index in [1.807, 2.05) is 42.6 Å². The molecule has 0 radical (unpaired) electrons. The van der Waals surface area contributed by atoms with E-state index < -0.39 is 0 Å². The van der Waals surface area contributed by atoms with Crippen LogP contribution in [0.15, 0.2) is 67.0 Å². The summed E-state index contributed by atoms with van der Waals surface area (Å²) in [6.07, 6.45) is 4.28. The molecule has 6 heteroatoms. The van der Waals surface area contributed by atoms with Crippen molar-refractivity contribution in [3.63, 3.8) is 0 Å². The standard InChI is InChI=1S/C19H20N4O2/c24-18-4-1-3-15(13-18)9-11-20-19(25)21-14-16-5-7-17(8-6-16)23-12-2-10-22-23/h1-8,10,12-13,24H,9,11,14H2,(H2,20,21,25). The Morgan fingerprint density at radius 1 is 1.04 bits per heavy atom. The number of phenolic OH excluding ortho intramolecular Hbond substituents is 1. The third-order valence-corrected chi connectivity index (χ3v) is 3.77. The minimum Gasteiger partial charge on any atom is -0.508 e. The van der Waals surface area contributed by atoms with Gasteiger partial charge in [0.25, 0.3) is 0 Å². The highest BCUT2D eigenvalue weighted by molar-refractivity contribution is 5.73. The van der Waals surface area contributed by atoms with E-state index in [0.717, 1.165) is 16.8 Å². The maximum atomic E-state index is 11.8. The van der Waals surface area contributed by atoms with Crippen LogP contribution in [0.25, 0.3) is 5.69 Å². The van der Waals surface area contributed by atoms with E-state index in [4.69, 9.17) is 0 Å². The summed E-state index contributed by atoms with van der Waals surface area (Å²) in [7, 11) is 0. The first-order valence-corrected chi connectivity index (χ1v) is 8.09. The van der Waals surface area contributed by atoms with E-state index in [0.29, 0.717) is 19.5 Å². The van der Waals surface area contributed by atoms with Crippen LogP contribution in [-0.2, 0) is 13.0 Å². The number of rotatable bonds is 6. The smallest absolute Gasteiger partial charge is 0.315 e. The summed E-state index contributed by atoms with van der Waals surface area (Å²) in [5.74, 6) is 0.237. The number of aromatic hydroxyl groups is 1. The van der Waals surface area contributed by atoms with E-state index in [1.165, 1.54) is 0 Å². The molecule has 1 heterocycles. The van der Waals surface area contributed by atoms with Gasteiger partial charge in [0.2, 0.25) is 0 Å². The third-order valence-electron chi connectivity index (χ3n) is 3.77. The van der Waals surface area contributed by atoms with Gasteiger partial charge >= 0.3 is 6.03 Å². The number of carbonyl (C=O) groups is 1. The SMILES string of the molecule is O=C(NCCc1cccc(O)c1)NCc1ccc(-n2cccn2)cc1. The number of hydrogen-bond acceptors (Lipinski definition) is 3. The lowest BCUT2D eigenvalue weighted by Crippen LogP contribution is -2.36. The zero-order chi connectivity index (χ0) is 17.5. The summed E-state index contributed by atoms with van der Waals surface area (Å²) in [5.41, 5.74) is 2.97. The molecule has 2 aromatic carbocycles. The molecule has 0 aliphatic heterocycles. The average molecular weight is 336 g/mol. The molecular weight excluding hydrogens is 316 g/mol. The zero-order valence-corrected chi connectivity index (χ0v) is 13.7. The quantitative estimate of drug-likeness (QED) is 0.647. The summed E-state index contributed by atoms with van der Waals surface area (Å²) >= 11 is 0. The fraction of sp³-hybridized carbons (Fsp3) is 0.158. The van der Waals surface area contributed by atoms with Crippen molar-refractivity contribution in [3.05, 3.63) is 78.1 Å². The first-order chi connectivity index (χ1) is 12.2. The normalized spacial score (nSPS) is 10.4. The van der Waals surface area contributed by atoms with Crippen LogP contribution >= 0.6 is 0 Å². The van der Waals surface area contributed by atoms with Crippen molar-refractivity contribution in [1.29, 1.82) is 0 Å². The lowest BCUT2D eigenvalue weighted by atomic mass is 10.1. The van der Waals surface area contributed by atoms with Gasteiger partial charge in [-0.25, -0.2) is 9.48 Å². The fourth-order valence-corrected chi connectivity index (χ4v) is 2.47. The average Bonchev–Trinajstić information content (AvgIpc) is 3.15. The Morgan fingerprint density at radius 2 is 1.88 bits per heavy atom. The van der Waals surface area contributed by atoms with Gasteiger partial charge in [-0.2, -0.15) is 5.10 Å². The first-order valence-electron chi connectivity index (χ1n) is 8.09. The molecule has 3 aromatic rings. The molecule has 25 heavy (non-hydrogen) atoms. The number of aromatic nitrogens is 2. The predicted octanol–water partition coefficient (Wildman–Crippen LogP) is 2.62. The minimum atomic E-state index is -0.212. The van der Waals surface area contributed by atoms with Crippen molar-refractivity contribution in [1.82, 2.24) is 20.4 Å². The molecule has 0 atom stereocenters. The molecule has 0 aliphatic rings. The Kier molecular flexibility index (Phi) is 5.31. The van der Waals surface area contributed by atoms with Gasteiger partial charge in [-0.15, -0.1) is 0 Å². The van der Waals surface area contributed by atoms with Gasteiger partial charge in [0, 0.05) is 25.5 Å². The highest BCUT2D eigenvalue weighted by atomic mass is 16.3. The maximum absolute atomic E-state index is 11.8. The Labute approximate surface area is 146 Å². The Morgan fingerprint density at radius 3 is 2.60 bits per heavy atom. The van der Waals surface area contributed by atoms with Crippen molar-refractivity contribution in [2.45, 2.75) is 13.0 Å². The lowest BCUT2D eigenvalue weighted by Gasteiger charge is -2.09. The molecule has 0 unspecified atom stereocenters. The molecule has 0 saturated heterocycles. The largest absolute Gasteiger partial charge is 0.508 e. The van der Waals surface area contributed by atoms with E-state index in [-0.39, 0.29) is 11.8 Å². The molecule has 0 fully saturated rings. The Balaban J connectivity index is 1.41. The monoisotopic (exact) mass is 336 g/mol. The van der Waals surface area contributed by atoms with Crippen LogP contribution in [0.3, 0.4) is 0 Å². The Hall–Kier alpha value is -3.28. The van der Waals surface area contributed by atoms with Crippen LogP contribution in [0.1, 0.15) is 11.1 Å². The molecule has 0 aliphatic carbocycles. The van der Waals surface area contributed by atoms with E-state index in [2.05, 4.69) is 15.7 Å². The van der Waals surface area contributed by atoms with Gasteiger partial charge in [0.05, 0.1) is 5.69 Å². The lowest BCUT2D eigenvalue weighted by molar-refractivity contribution is 0.240. The fourth-order valence-electron chi connectivity index (χ4n) is 2.47. The van der Waals surface area contributed by atoms with Crippen LogP contribution in [0, 0.1) is 0 Å². The van der Waals surface area contributed by atoms with Crippen molar-refractivity contribution in [2.75, 3.05) is 6.54 Å². The van der Waals surface area contributed by atoms with Crippen LogP contribution in [0.2, 0.25) is 0 Å². The summed E-state index contributed by atoms with van der Waals surface area (Å²) in [5, 5.41) is 19.2. The molecule has 3 N–H and O–H groups in total. The molecular formula is C19H20N4O2. The van der Waals surface area contributed by atoms with Crippen molar-refractivity contribution in [2.24, 2.45) is 0 Å². The predicted molar refractivity (Wildman–Crippen MR) is 95.6 cm³/mol. The number of phenols is 1. The number of urea groups is 1. The maximum Gasteiger partial charge on any atom is 0.315 e. The van der Waals surface area contributed by atoms with Crippen LogP contribution in [0.5, 0.6) is 5.75 Å². The van der Waals surface area contributed by atoms with Crippen LogP contribution < -0.4 is 10.6 Å². The van der Waals surface area contributed by atoms with E-state index in [1.54, 1.807) is 29.1 Å². The molecule has 1 aromatic heterocycles. The molecule has 6 nitrogen and oxygen atoms in total. The molecule has 0 saturated carbocycles. The second kappa shape index (κ2) is 8.01. The zero-order valence-electron chi connectivity index (χ0n) is 13.7. The number of nitrogens with one attached hydrogen (secondary N) is 2. The van der Waals surface area contributed by atoms with Gasteiger partial charge in [-0.05, 0) is 47.9 Å². The number of nitrogens with zero attached hydrogens (tertiary/aromatic N) is 2. The van der Waals surface area contributed by atoms with Gasteiger partial charge in [-0.1, -0.05) is 24.3 Å². The van der Waals surface area contributed by atoms with Crippen molar-refractivity contribution < 1.29 is 9.90 Å². The summed E-state index contributed by atoms with van der Waals surface area (Å²) < 4.78 is 1.78. The highest BCUT2D eigenvalue weighted by Crippen LogP contribution is 2.11. The third kappa shape index (κ3) is 4.84. The highest BCUT2D eigenvalue weighted by Gasteiger charge is 2.02. The van der Waals surface area contributed by atoms with Gasteiger partial charge in [-0.3, -0.25) is 0 Å². The van der Waals surface area contributed by atoms with Crippen LogP contribution in [-0.4, -0.2) is 27.5 Å². The minimum absolute atomic E-state index is 0.212. The molecule has 3 rings (SSSR count). The van der Waals surface area contributed by atoms with Gasteiger partial charge in [0.1, 0.15) is 5.75 Å². The first kappa shape index (κ1) is 16.6. The van der Waals surface area contributed by atoms with E-state index in [9.17, 15) is 9.90 Å². The van der Waals surface area contributed by atoms with E-state index >= 15 is 0 Å². The van der Waals surface area contributed by atoms with Gasteiger partial charge in [0.15, 0.2) is 0 Å². The van der Waals surface area contributed by atoms with Crippen molar-refractivity contribution in [3.8, 4) is 11.4 Å². The second-order valence-electron chi connectivity index (χ2n) is 5.65. The molecule has 0 bridgehead atoms. The second-order valence-corrected chi connectivity index (χ2v) is 5.65.